The summed E-state index contributed by atoms with van der Waals surface area (Å²) in [5.41, 5.74) is 0. The van der Waals surface area contributed by atoms with Gasteiger partial charge >= 0.3 is 6.03 Å². The van der Waals surface area contributed by atoms with E-state index in [1.54, 1.807) is 11.3 Å². The zero-order valence-corrected chi connectivity index (χ0v) is 11.4. The minimum Gasteiger partial charge on any atom is -0.325 e. The van der Waals surface area contributed by atoms with E-state index in [0.717, 1.165) is 25.9 Å². The molecule has 1 unspecified atom stereocenters. The molecule has 2 heterocycles. The molecule has 1 aliphatic heterocycles. The van der Waals surface area contributed by atoms with Crippen LogP contribution in [-0.2, 0) is 0 Å². The van der Waals surface area contributed by atoms with Gasteiger partial charge in [0.25, 0.3) is 0 Å². The van der Waals surface area contributed by atoms with E-state index in [9.17, 15) is 4.79 Å². The molecule has 0 radical (unpaired) electrons. The number of rotatable bonds is 2. The van der Waals surface area contributed by atoms with Gasteiger partial charge in [-0.05, 0) is 37.6 Å². The fraction of sp³-hybridized carbons (Fsp3) is 0.615. The second-order valence-electron chi connectivity index (χ2n) is 4.63. The smallest absolute Gasteiger partial charge is 0.320 e. The third-order valence-electron chi connectivity index (χ3n) is 3.46. The topological polar surface area (TPSA) is 23.6 Å². The Morgan fingerprint density at radius 2 is 2.12 bits per heavy atom. The van der Waals surface area contributed by atoms with Crippen LogP contribution in [0.2, 0.25) is 0 Å². The number of hydrogen-bond donors (Lipinski definition) is 0. The number of hydrogen-bond acceptors (Lipinski definition) is 2. The number of carbonyl (C=O) groups is 1. The minimum absolute atomic E-state index is 0.171. The number of carbonyl (C=O) groups excluding carboxylic acids is 1. The van der Waals surface area contributed by atoms with E-state index < -0.39 is 0 Å². The fourth-order valence-corrected chi connectivity index (χ4v) is 3.02. The lowest BCUT2D eigenvalue weighted by atomic mass is 10.1. The van der Waals surface area contributed by atoms with E-state index in [1.165, 1.54) is 11.3 Å². The number of thiophene rings is 1. The third-order valence-corrected chi connectivity index (χ3v) is 4.51. The molecule has 0 aromatic carbocycles. The Bertz CT molecular complexity index is 358. The number of piperidine rings is 1. The summed E-state index contributed by atoms with van der Waals surface area (Å²) in [6, 6.07) is 4.47. The number of amides is 2. The molecule has 0 bridgehead atoms. The van der Waals surface area contributed by atoms with Crippen molar-refractivity contribution in [2.75, 3.05) is 20.1 Å². The van der Waals surface area contributed by atoms with Crippen molar-refractivity contribution < 1.29 is 4.79 Å². The lowest BCUT2D eigenvalue weighted by Crippen LogP contribution is -2.44. The van der Waals surface area contributed by atoms with Gasteiger partial charge in [0.2, 0.25) is 0 Å². The van der Waals surface area contributed by atoms with Crippen LogP contribution in [0.25, 0.3) is 0 Å². The van der Waals surface area contributed by atoms with Crippen molar-refractivity contribution in [1.82, 2.24) is 9.80 Å². The Hall–Kier alpha value is -1.03. The molecule has 1 aromatic heterocycles. The molecule has 0 N–H and O–H groups in total. The summed E-state index contributed by atoms with van der Waals surface area (Å²) >= 11 is 1.71. The third kappa shape index (κ3) is 2.80. The van der Waals surface area contributed by atoms with Crippen LogP contribution in [0, 0.1) is 0 Å². The molecule has 17 heavy (non-hydrogen) atoms. The number of urea groups is 1. The highest BCUT2D eigenvalue weighted by Crippen LogP contribution is 2.24. The van der Waals surface area contributed by atoms with Crippen LogP contribution in [-0.4, -0.2) is 36.0 Å². The van der Waals surface area contributed by atoms with Gasteiger partial charge in [-0.3, -0.25) is 0 Å². The van der Waals surface area contributed by atoms with Crippen molar-refractivity contribution in [3.05, 3.63) is 22.4 Å². The molecule has 0 aliphatic carbocycles. The predicted octanol–water partition coefficient (Wildman–Crippen LogP) is 3.35. The highest BCUT2D eigenvalue weighted by molar-refractivity contribution is 7.10. The average Bonchev–Trinajstić information content (AvgIpc) is 2.91. The molecule has 2 rings (SSSR count). The molecule has 3 nitrogen and oxygen atoms in total. The van der Waals surface area contributed by atoms with Gasteiger partial charge in [0.05, 0.1) is 6.04 Å². The van der Waals surface area contributed by atoms with Crippen LogP contribution in [0.4, 0.5) is 4.79 Å². The summed E-state index contributed by atoms with van der Waals surface area (Å²) in [5.74, 6) is 0. The summed E-state index contributed by atoms with van der Waals surface area (Å²) in [7, 11) is 1.90. The van der Waals surface area contributed by atoms with E-state index in [2.05, 4.69) is 18.4 Å². The second-order valence-corrected chi connectivity index (χ2v) is 5.61. The molecular formula is C13H20N2OS. The van der Waals surface area contributed by atoms with E-state index in [-0.39, 0.29) is 12.1 Å². The summed E-state index contributed by atoms with van der Waals surface area (Å²) in [6.45, 7) is 3.92. The summed E-state index contributed by atoms with van der Waals surface area (Å²) in [6.07, 6.45) is 3.55. The zero-order chi connectivity index (χ0) is 12.3. The van der Waals surface area contributed by atoms with E-state index in [0.29, 0.717) is 0 Å². The van der Waals surface area contributed by atoms with Gasteiger partial charge in [-0.15, -0.1) is 11.3 Å². The molecule has 4 heteroatoms. The first-order valence-electron chi connectivity index (χ1n) is 6.25. The predicted molar refractivity (Wildman–Crippen MR) is 71.3 cm³/mol. The molecule has 0 saturated carbocycles. The maximum absolute atomic E-state index is 12.3. The highest BCUT2D eigenvalue weighted by atomic mass is 32.1. The van der Waals surface area contributed by atoms with Crippen molar-refractivity contribution in [1.29, 1.82) is 0 Å². The van der Waals surface area contributed by atoms with Crippen molar-refractivity contribution >= 4 is 17.4 Å². The van der Waals surface area contributed by atoms with Crippen LogP contribution < -0.4 is 0 Å². The Morgan fingerprint density at radius 1 is 1.41 bits per heavy atom. The SMILES string of the molecule is CC(c1cccs1)N(C)C(=O)N1CCCCC1. The number of likely N-dealkylation sites (tertiary alicyclic amines) is 1. The van der Waals surface area contributed by atoms with Crippen molar-refractivity contribution in [3.63, 3.8) is 0 Å². The molecule has 1 saturated heterocycles. The highest BCUT2D eigenvalue weighted by Gasteiger charge is 2.24. The van der Waals surface area contributed by atoms with E-state index in [1.807, 2.05) is 22.9 Å². The van der Waals surface area contributed by atoms with Gasteiger partial charge < -0.3 is 9.80 Å². The van der Waals surface area contributed by atoms with E-state index >= 15 is 0 Å². The Morgan fingerprint density at radius 3 is 2.71 bits per heavy atom. The minimum atomic E-state index is 0.171. The lowest BCUT2D eigenvalue weighted by molar-refractivity contribution is 0.141. The number of nitrogens with zero attached hydrogens (tertiary/aromatic N) is 2. The van der Waals surface area contributed by atoms with Crippen LogP contribution in [0.1, 0.15) is 37.1 Å². The molecule has 1 atom stereocenters. The first-order valence-corrected chi connectivity index (χ1v) is 7.13. The maximum Gasteiger partial charge on any atom is 0.320 e. The van der Waals surface area contributed by atoms with Crippen molar-refractivity contribution in [3.8, 4) is 0 Å². The van der Waals surface area contributed by atoms with Crippen molar-refractivity contribution in [2.24, 2.45) is 0 Å². The zero-order valence-electron chi connectivity index (χ0n) is 10.6. The quantitative estimate of drug-likeness (QED) is 0.792. The first-order chi connectivity index (χ1) is 8.20. The molecular weight excluding hydrogens is 232 g/mol. The molecule has 1 aliphatic rings. The Balaban J connectivity index is 1.98. The monoisotopic (exact) mass is 252 g/mol. The second kappa shape index (κ2) is 5.54. The Labute approximate surface area is 107 Å². The van der Waals surface area contributed by atoms with Gasteiger partial charge in [-0.1, -0.05) is 6.07 Å². The average molecular weight is 252 g/mol. The standard InChI is InChI=1S/C13H20N2OS/c1-11(12-7-6-10-17-12)14(2)13(16)15-8-4-3-5-9-15/h6-7,10-11H,3-5,8-9H2,1-2H3. The van der Waals surface area contributed by atoms with Gasteiger partial charge in [-0.2, -0.15) is 0 Å². The van der Waals surface area contributed by atoms with Crippen LogP contribution in [0.5, 0.6) is 0 Å². The first kappa shape index (κ1) is 12.4. The molecule has 94 valence electrons. The van der Waals surface area contributed by atoms with Crippen LogP contribution in [0.15, 0.2) is 17.5 Å². The lowest BCUT2D eigenvalue weighted by Gasteiger charge is -2.33. The van der Waals surface area contributed by atoms with Gasteiger partial charge in [0.1, 0.15) is 0 Å². The molecule has 1 aromatic rings. The van der Waals surface area contributed by atoms with Gasteiger partial charge in [-0.25, -0.2) is 4.79 Å². The van der Waals surface area contributed by atoms with Crippen LogP contribution in [0.3, 0.4) is 0 Å². The Kier molecular flexibility index (Phi) is 4.05. The van der Waals surface area contributed by atoms with Gasteiger partial charge in [0.15, 0.2) is 0 Å². The summed E-state index contributed by atoms with van der Waals surface area (Å²) in [4.78, 5) is 17.4. The molecule has 1 fully saturated rings. The van der Waals surface area contributed by atoms with Gasteiger partial charge in [0, 0.05) is 25.0 Å². The van der Waals surface area contributed by atoms with E-state index in [4.69, 9.17) is 0 Å². The normalized spacial score (nSPS) is 17.9. The summed E-state index contributed by atoms with van der Waals surface area (Å²) in [5, 5.41) is 2.06. The van der Waals surface area contributed by atoms with Crippen molar-refractivity contribution in [2.45, 2.75) is 32.2 Å². The molecule has 0 spiro atoms. The maximum atomic E-state index is 12.3. The molecule has 2 amide bonds. The van der Waals surface area contributed by atoms with Crippen LogP contribution >= 0.6 is 11.3 Å². The largest absolute Gasteiger partial charge is 0.325 e. The summed E-state index contributed by atoms with van der Waals surface area (Å²) < 4.78 is 0. The fourth-order valence-electron chi connectivity index (χ4n) is 2.19.